The van der Waals surface area contributed by atoms with E-state index in [4.69, 9.17) is 15.3 Å². The van der Waals surface area contributed by atoms with E-state index in [2.05, 4.69) is 0 Å². The van der Waals surface area contributed by atoms with Crippen molar-refractivity contribution in [1.29, 1.82) is 0 Å². The molecular formula is C15H30GaN3O6. The van der Waals surface area contributed by atoms with Crippen LogP contribution in [0.5, 0.6) is 0 Å². The van der Waals surface area contributed by atoms with E-state index in [1.165, 1.54) is 0 Å². The van der Waals surface area contributed by atoms with Gasteiger partial charge in [-0.15, -0.1) is 0 Å². The minimum atomic E-state index is -0.719. The van der Waals surface area contributed by atoms with Gasteiger partial charge in [0.05, 0.1) is 18.7 Å². The zero-order valence-corrected chi connectivity index (χ0v) is 17.1. The normalized spacial score (nSPS) is 31.7. The molecule has 0 bridgehead atoms. The molecule has 0 amide bonds. The van der Waals surface area contributed by atoms with Gasteiger partial charge >= 0.3 is 19.8 Å². The maximum Gasteiger partial charge on any atom is 3.00 e. The van der Waals surface area contributed by atoms with E-state index >= 15 is 0 Å². The molecule has 9 nitrogen and oxygen atoms in total. The number of aliphatic hydroxyl groups is 3. The van der Waals surface area contributed by atoms with Crippen LogP contribution in [0.2, 0.25) is 0 Å². The van der Waals surface area contributed by atoms with E-state index in [1.54, 1.807) is 0 Å². The van der Waals surface area contributed by atoms with Crippen LogP contribution in [0.15, 0.2) is 0 Å². The fourth-order valence-corrected chi connectivity index (χ4v) is 2.66. The molecule has 0 aliphatic carbocycles. The fourth-order valence-electron chi connectivity index (χ4n) is 2.66. The zero-order valence-electron chi connectivity index (χ0n) is 14.7. The molecule has 3 heterocycles. The molecule has 0 aromatic rings. The second-order valence-corrected chi connectivity index (χ2v) is 6.35. The minimum Gasteiger partial charge on any atom is -0.783 e. The Kier molecular flexibility index (Phi) is 14.5. The molecule has 144 valence electrons. The molecule has 25 heavy (non-hydrogen) atoms. The third-order valence-electron chi connectivity index (χ3n) is 4.27. The number of hydrogen-bond acceptors (Lipinski definition) is 9. The second kappa shape index (κ2) is 14.3. The van der Waals surface area contributed by atoms with Gasteiger partial charge in [-0.05, 0) is 77.4 Å². The second-order valence-electron chi connectivity index (χ2n) is 6.35. The SMILES string of the molecule is [Ga+3].[O-]N1CCCCC1O.[O-]N1CCCCC1O.[O-]N1CCCCC1O. The Morgan fingerprint density at radius 2 is 0.760 bits per heavy atom. The molecular weight excluding hydrogens is 388 g/mol. The summed E-state index contributed by atoms with van der Waals surface area (Å²) in [5.74, 6) is 0. The van der Waals surface area contributed by atoms with Gasteiger partial charge < -0.3 is 46.1 Å². The van der Waals surface area contributed by atoms with Crippen LogP contribution < -0.4 is 0 Å². The van der Waals surface area contributed by atoms with E-state index in [9.17, 15) is 15.6 Å². The van der Waals surface area contributed by atoms with Crippen molar-refractivity contribution in [2.24, 2.45) is 0 Å². The van der Waals surface area contributed by atoms with Gasteiger partial charge in [-0.1, -0.05) is 0 Å². The Morgan fingerprint density at radius 1 is 0.520 bits per heavy atom. The summed E-state index contributed by atoms with van der Waals surface area (Å²) in [6, 6.07) is 0. The molecule has 0 radical (unpaired) electrons. The van der Waals surface area contributed by atoms with Crippen molar-refractivity contribution in [3.63, 3.8) is 0 Å². The summed E-state index contributed by atoms with van der Waals surface area (Å²) in [5.41, 5.74) is 0. The van der Waals surface area contributed by atoms with E-state index in [0.717, 1.165) is 53.7 Å². The summed E-state index contributed by atoms with van der Waals surface area (Å²) in [4.78, 5) is 0. The molecule has 0 saturated carbocycles. The first-order chi connectivity index (χ1) is 11.4. The molecule has 3 unspecified atom stereocenters. The Hall–Kier alpha value is 0.276. The van der Waals surface area contributed by atoms with Gasteiger partial charge in [-0.3, -0.25) is 0 Å². The molecule has 3 aliphatic heterocycles. The molecule has 10 heteroatoms. The molecule has 3 aliphatic rings. The van der Waals surface area contributed by atoms with Gasteiger partial charge in [0.1, 0.15) is 0 Å². The average molecular weight is 418 g/mol. The largest absolute Gasteiger partial charge is 3.00 e. The quantitative estimate of drug-likeness (QED) is 0.480. The van der Waals surface area contributed by atoms with Crippen molar-refractivity contribution < 1.29 is 15.3 Å². The molecule has 3 atom stereocenters. The summed E-state index contributed by atoms with van der Waals surface area (Å²) >= 11 is 0. The van der Waals surface area contributed by atoms with Crippen LogP contribution in [-0.4, -0.2) is 88.6 Å². The fraction of sp³-hybridized carbons (Fsp3) is 1.00. The maximum absolute atomic E-state index is 10.5. The number of aliphatic hydroxyl groups excluding tert-OH is 3. The van der Waals surface area contributed by atoms with Crippen molar-refractivity contribution in [3.05, 3.63) is 15.6 Å². The summed E-state index contributed by atoms with van der Waals surface area (Å²) in [6.07, 6.45) is 5.52. The molecule has 3 fully saturated rings. The Balaban J connectivity index is 0.000000339. The predicted molar refractivity (Wildman–Crippen MR) is 95.5 cm³/mol. The van der Waals surface area contributed by atoms with Gasteiger partial charge in [0.25, 0.3) is 0 Å². The predicted octanol–water partition coefficient (Wildman–Crippen LogP) is 0.485. The Labute approximate surface area is 162 Å². The van der Waals surface area contributed by atoms with Crippen LogP contribution in [0.4, 0.5) is 0 Å². The number of hydroxylamine groups is 6. The molecule has 3 N–H and O–H groups in total. The van der Waals surface area contributed by atoms with Crippen molar-refractivity contribution in [1.82, 2.24) is 15.2 Å². The van der Waals surface area contributed by atoms with Crippen LogP contribution >= 0.6 is 0 Å². The number of piperidine rings is 3. The molecule has 0 aromatic heterocycles. The van der Waals surface area contributed by atoms with Crippen LogP contribution in [0.25, 0.3) is 0 Å². The van der Waals surface area contributed by atoms with Crippen LogP contribution in [0.3, 0.4) is 0 Å². The van der Waals surface area contributed by atoms with E-state index in [1.807, 2.05) is 0 Å². The third kappa shape index (κ3) is 10.9. The van der Waals surface area contributed by atoms with Crippen molar-refractivity contribution >= 4 is 19.8 Å². The summed E-state index contributed by atoms with van der Waals surface area (Å²) in [7, 11) is 0. The topological polar surface area (TPSA) is 140 Å². The van der Waals surface area contributed by atoms with Crippen LogP contribution in [0, 0.1) is 15.6 Å². The average Bonchev–Trinajstić information content (AvgIpc) is 2.57. The summed E-state index contributed by atoms with van der Waals surface area (Å²) in [5, 5.41) is 60.0. The zero-order chi connectivity index (χ0) is 17.9. The van der Waals surface area contributed by atoms with Gasteiger partial charge in [-0.2, -0.15) is 0 Å². The number of nitrogens with zero attached hydrogens (tertiary/aromatic N) is 3. The molecule has 0 spiro atoms. The molecule has 0 aromatic carbocycles. The van der Waals surface area contributed by atoms with E-state index < -0.39 is 18.7 Å². The van der Waals surface area contributed by atoms with Gasteiger partial charge in [0.2, 0.25) is 0 Å². The smallest absolute Gasteiger partial charge is 0.783 e. The van der Waals surface area contributed by atoms with Crippen molar-refractivity contribution in [3.8, 4) is 0 Å². The standard InChI is InChI=1S/3C5H10NO2.Ga/c3*7-5-3-1-2-4-6(5)8;/h3*5,7H,1-4H2;/q3*-1;+3. The first kappa shape index (κ1) is 25.3. The van der Waals surface area contributed by atoms with Crippen molar-refractivity contribution in [2.75, 3.05) is 19.6 Å². The first-order valence-corrected chi connectivity index (χ1v) is 8.77. The summed E-state index contributed by atoms with van der Waals surface area (Å²) in [6.45, 7) is 1.50. The Morgan fingerprint density at radius 3 is 0.880 bits per heavy atom. The number of hydrogen-bond donors (Lipinski definition) is 3. The summed E-state index contributed by atoms with van der Waals surface area (Å²) < 4.78 is 0. The Bertz CT molecular complexity index is 254. The number of rotatable bonds is 0. The van der Waals surface area contributed by atoms with Crippen molar-refractivity contribution in [2.45, 2.75) is 76.5 Å². The van der Waals surface area contributed by atoms with Gasteiger partial charge in [-0.25, -0.2) is 0 Å². The molecule has 3 rings (SSSR count). The van der Waals surface area contributed by atoms with Crippen LogP contribution in [0.1, 0.15) is 57.8 Å². The van der Waals surface area contributed by atoms with Gasteiger partial charge in [0, 0.05) is 0 Å². The van der Waals surface area contributed by atoms with Crippen LogP contribution in [-0.2, 0) is 0 Å². The van der Waals surface area contributed by atoms with E-state index in [-0.39, 0.29) is 19.8 Å². The first-order valence-electron chi connectivity index (χ1n) is 8.77. The molecule has 3 saturated heterocycles. The monoisotopic (exact) mass is 417 g/mol. The third-order valence-corrected chi connectivity index (χ3v) is 4.27. The van der Waals surface area contributed by atoms with E-state index in [0.29, 0.717) is 38.9 Å². The maximum atomic E-state index is 10.5. The van der Waals surface area contributed by atoms with Gasteiger partial charge in [0.15, 0.2) is 0 Å². The minimum absolute atomic E-state index is 0.